The minimum atomic E-state index is -3.25. The summed E-state index contributed by atoms with van der Waals surface area (Å²) in [6, 6.07) is 5.70. The van der Waals surface area contributed by atoms with Gasteiger partial charge in [0.2, 0.25) is 0 Å². The normalized spacial score (nSPS) is 19.6. The molecule has 190 valence electrons. The standard InChI is InChI=1S/C24H29F3N4O4/c1-23(2,3)35-22(33)30-13-18-28-11-16(12-29-18)14-6-8-15(9-7-14)19-17(10-25)31(21(32)20(26)27)24(4,5)34-19/h6-9,11-12,17,19-20H,10,13H2,1-5H3,(H,30,33). The number of rotatable bonds is 6. The topological polar surface area (TPSA) is 93.7 Å². The zero-order valence-electron chi connectivity index (χ0n) is 20.2. The maximum absolute atomic E-state index is 13.9. The number of halogens is 3. The fourth-order valence-electron chi connectivity index (χ4n) is 3.88. The van der Waals surface area contributed by atoms with Gasteiger partial charge in [0, 0.05) is 18.0 Å². The van der Waals surface area contributed by atoms with Gasteiger partial charge in [0.05, 0.1) is 12.6 Å². The number of benzene rings is 1. The molecule has 1 aromatic carbocycles. The molecule has 8 nitrogen and oxygen atoms in total. The van der Waals surface area contributed by atoms with E-state index in [0.717, 1.165) is 10.5 Å². The Morgan fingerprint density at radius 2 is 1.74 bits per heavy atom. The quantitative estimate of drug-likeness (QED) is 0.640. The summed E-state index contributed by atoms with van der Waals surface area (Å²) < 4.78 is 51.0. The van der Waals surface area contributed by atoms with E-state index in [2.05, 4.69) is 15.3 Å². The van der Waals surface area contributed by atoms with Crippen LogP contribution < -0.4 is 5.32 Å². The van der Waals surface area contributed by atoms with Crippen LogP contribution in [0.4, 0.5) is 18.0 Å². The Balaban J connectivity index is 1.70. The van der Waals surface area contributed by atoms with E-state index in [1.165, 1.54) is 13.8 Å². The van der Waals surface area contributed by atoms with Gasteiger partial charge in [0.1, 0.15) is 29.9 Å². The molecule has 1 aliphatic rings. The third-order valence-corrected chi connectivity index (χ3v) is 5.33. The molecule has 2 heterocycles. The molecule has 0 aliphatic carbocycles. The Morgan fingerprint density at radius 1 is 1.14 bits per heavy atom. The molecule has 11 heteroatoms. The third-order valence-electron chi connectivity index (χ3n) is 5.33. The molecule has 3 rings (SSSR count). The van der Waals surface area contributed by atoms with Crippen LogP contribution in [0.3, 0.4) is 0 Å². The summed E-state index contributed by atoms with van der Waals surface area (Å²) in [6.07, 6.45) is -1.54. The fourth-order valence-corrected chi connectivity index (χ4v) is 3.88. The van der Waals surface area contributed by atoms with Crippen molar-refractivity contribution in [3.05, 3.63) is 48.0 Å². The van der Waals surface area contributed by atoms with Crippen molar-refractivity contribution in [2.24, 2.45) is 0 Å². The minimum absolute atomic E-state index is 0.0986. The van der Waals surface area contributed by atoms with Crippen molar-refractivity contribution in [1.29, 1.82) is 0 Å². The maximum atomic E-state index is 13.9. The highest BCUT2D eigenvalue weighted by molar-refractivity contribution is 5.80. The van der Waals surface area contributed by atoms with Crippen molar-refractivity contribution in [1.82, 2.24) is 20.2 Å². The number of amides is 2. The molecule has 1 N–H and O–H groups in total. The van der Waals surface area contributed by atoms with Crippen LogP contribution >= 0.6 is 0 Å². The molecule has 0 saturated carbocycles. The minimum Gasteiger partial charge on any atom is -0.444 e. The second kappa shape index (κ2) is 10.2. The number of alkyl carbamates (subject to hydrolysis) is 1. The predicted octanol–water partition coefficient (Wildman–Crippen LogP) is 4.41. The maximum Gasteiger partial charge on any atom is 0.408 e. The van der Waals surface area contributed by atoms with E-state index in [1.54, 1.807) is 57.4 Å². The summed E-state index contributed by atoms with van der Waals surface area (Å²) in [5, 5.41) is 2.58. The second-order valence-electron chi connectivity index (χ2n) is 9.58. The molecular weight excluding hydrogens is 465 g/mol. The molecule has 2 aromatic rings. The van der Waals surface area contributed by atoms with Crippen molar-refractivity contribution >= 4 is 12.0 Å². The number of carbonyl (C=O) groups excluding carboxylic acids is 2. The third kappa shape index (κ3) is 6.27. The number of alkyl halides is 3. The molecule has 1 saturated heterocycles. The lowest BCUT2D eigenvalue weighted by Gasteiger charge is -2.32. The lowest BCUT2D eigenvalue weighted by Crippen LogP contribution is -2.51. The van der Waals surface area contributed by atoms with Gasteiger partial charge in [-0.05, 0) is 45.7 Å². The van der Waals surface area contributed by atoms with Gasteiger partial charge in [0.15, 0.2) is 0 Å². The van der Waals surface area contributed by atoms with E-state index in [0.29, 0.717) is 17.0 Å². The van der Waals surface area contributed by atoms with Crippen LogP contribution in [0.2, 0.25) is 0 Å². The monoisotopic (exact) mass is 494 g/mol. The summed E-state index contributed by atoms with van der Waals surface area (Å²) in [5.41, 5.74) is 0.0103. The van der Waals surface area contributed by atoms with Crippen molar-refractivity contribution in [3.63, 3.8) is 0 Å². The first-order valence-electron chi connectivity index (χ1n) is 11.1. The lowest BCUT2D eigenvalue weighted by atomic mass is 9.99. The Kier molecular flexibility index (Phi) is 7.68. The van der Waals surface area contributed by atoms with Gasteiger partial charge in [0.25, 0.3) is 5.91 Å². The largest absolute Gasteiger partial charge is 0.444 e. The van der Waals surface area contributed by atoms with Gasteiger partial charge in [-0.2, -0.15) is 8.78 Å². The highest BCUT2D eigenvalue weighted by Gasteiger charge is 2.52. The van der Waals surface area contributed by atoms with Crippen molar-refractivity contribution in [3.8, 4) is 11.1 Å². The van der Waals surface area contributed by atoms with Gasteiger partial charge in [-0.25, -0.2) is 19.2 Å². The smallest absolute Gasteiger partial charge is 0.408 e. The average molecular weight is 495 g/mol. The second-order valence-corrected chi connectivity index (χ2v) is 9.58. The molecule has 35 heavy (non-hydrogen) atoms. The summed E-state index contributed by atoms with van der Waals surface area (Å²) >= 11 is 0. The van der Waals surface area contributed by atoms with Crippen LogP contribution in [0.5, 0.6) is 0 Å². The molecule has 2 unspecified atom stereocenters. The summed E-state index contributed by atoms with van der Waals surface area (Å²) in [7, 11) is 0. The first-order chi connectivity index (χ1) is 16.3. The molecule has 0 spiro atoms. The number of hydrogen-bond donors (Lipinski definition) is 1. The molecule has 0 bridgehead atoms. The van der Waals surface area contributed by atoms with Crippen LogP contribution in [0, 0.1) is 0 Å². The van der Waals surface area contributed by atoms with Crippen LogP contribution in [0.15, 0.2) is 36.7 Å². The Morgan fingerprint density at radius 3 is 2.26 bits per heavy atom. The first-order valence-corrected chi connectivity index (χ1v) is 11.1. The van der Waals surface area contributed by atoms with Gasteiger partial charge in [-0.1, -0.05) is 24.3 Å². The van der Waals surface area contributed by atoms with Gasteiger partial charge in [-0.3, -0.25) is 4.79 Å². The van der Waals surface area contributed by atoms with E-state index in [1.807, 2.05) is 0 Å². The number of nitrogens with zero attached hydrogens (tertiary/aromatic N) is 3. The predicted molar refractivity (Wildman–Crippen MR) is 121 cm³/mol. The average Bonchev–Trinajstić information content (AvgIpc) is 3.06. The highest BCUT2D eigenvalue weighted by Crippen LogP contribution is 2.42. The molecule has 1 aromatic heterocycles. The highest BCUT2D eigenvalue weighted by atomic mass is 19.3. The van der Waals surface area contributed by atoms with E-state index in [-0.39, 0.29) is 6.54 Å². The molecule has 1 aliphatic heterocycles. The van der Waals surface area contributed by atoms with Crippen molar-refractivity contribution in [2.75, 3.05) is 6.67 Å². The molecule has 2 atom stereocenters. The summed E-state index contributed by atoms with van der Waals surface area (Å²) in [4.78, 5) is 33.0. The van der Waals surface area contributed by atoms with Gasteiger partial charge < -0.3 is 19.7 Å². The van der Waals surface area contributed by atoms with E-state index >= 15 is 0 Å². The fraction of sp³-hybridized carbons (Fsp3) is 0.500. The summed E-state index contributed by atoms with van der Waals surface area (Å²) in [5.74, 6) is -1.07. The van der Waals surface area contributed by atoms with E-state index in [4.69, 9.17) is 9.47 Å². The van der Waals surface area contributed by atoms with E-state index < -0.39 is 48.6 Å². The Hall–Kier alpha value is -3.21. The van der Waals surface area contributed by atoms with Crippen molar-refractivity contribution in [2.45, 2.75) is 71.1 Å². The lowest BCUT2D eigenvalue weighted by molar-refractivity contribution is -0.159. The first kappa shape index (κ1) is 26.4. The molecule has 2 amide bonds. The van der Waals surface area contributed by atoms with Crippen LogP contribution in [-0.2, 0) is 20.8 Å². The molecular formula is C24H29F3N4O4. The number of hydrogen-bond acceptors (Lipinski definition) is 6. The number of ether oxygens (including phenoxy) is 2. The number of aromatic nitrogens is 2. The van der Waals surface area contributed by atoms with Crippen molar-refractivity contribution < 1.29 is 32.2 Å². The Bertz CT molecular complexity index is 1040. The Labute approximate surface area is 201 Å². The number of carbonyl (C=O) groups is 2. The van der Waals surface area contributed by atoms with Crippen LogP contribution in [0.25, 0.3) is 11.1 Å². The summed E-state index contributed by atoms with van der Waals surface area (Å²) in [6.45, 7) is 7.28. The van der Waals surface area contributed by atoms with Gasteiger partial charge in [-0.15, -0.1) is 0 Å². The van der Waals surface area contributed by atoms with Gasteiger partial charge >= 0.3 is 12.5 Å². The van der Waals surface area contributed by atoms with Crippen LogP contribution in [-0.4, -0.2) is 57.3 Å². The zero-order valence-corrected chi connectivity index (χ0v) is 20.2. The molecule has 0 radical (unpaired) electrons. The van der Waals surface area contributed by atoms with Crippen LogP contribution in [0.1, 0.15) is 52.1 Å². The number of nitrogens with one attached hydrogen (secondary N) is 1. The van der Waals surface area contributed by atoms with E-state index in [9.17, 15) is 22.8 Å². The molecule has 1 fully saturated rings. The SMILES string of the molecule is CC(C)(C)OC(=O)NCc1ncc(-c2ccc(C3OC(C)(C)N(C(=O)C(F)F)C3CF)cc2)cn1. The zero-order chi connectivity index (χ0) is 26.0.